The average Bonchev–Trinajstić information content (AvgIpc) is 2.73. The molecule has 3 rings (SSSR count). The predicted molar refractivity (Wildman–Crippen MR) is 112 cm³/mol. The molecule has 0 unspecified atom stereocenters. The molecule has 0 spiro atoms. The minimum atomic E-state index is 0.414. The van der Waals surface area contributed by atoms with E-state index in [9.17, 15) is 0 Å². The zero-order chi connectivity index (χ0) is 19.6. The van der Waals surface area contributed by atoms with Crippen molar-refractivity contribution in [3.05, 3.63) is 58.6 Å². The van der Waals surface area contributed by atoms with Crippen molar-refractivity contribution in [2.75, 3.05) is 46.0 Å². The Hall–Kier alpha value is -1.79. The summed E-state index contributed by atoms with van der Waals surface area (Å²) < 4.78 is 17.1. The van der Waals surface area contributed by atoms with Crippen LogP contribution in [0, 0.1) is 0 Å². The van der Waals surface area contributed by atoms with Crippen LogP contribution < -0.4 is 14.8 Å². The van der Waals surface area contributed by atoms with Gasteiger partial charge in [0.1, 0.15) is 6.61 Å². The van der Waals surface area contributed by atoms with Gasteiger partial charge in [-0.1, -0.05) is 35.9 Å². The van der Waals surface area contributed by atoms with Crippen molar-refractivity contribution in [2.24, 2.45) is 0 Å². The van der Waals surface area contributed by atoms with Gasteiger partial charge < -0.3 is 19.5 Å². The summed E-state index contributed by atoms with van der Waals surface area (Å²) in [5.74, 6) is 1.50. The molecular weight excluding hydrogens is 376 g/mol. The van der Waals surface area contributed by atoms with Gasteiger partial charge in [-0.05, 0) is 30.7 Å². The fraction of sp³-hybridized carbons (Fsp3) is 0.455. The quantitative estimate of drug-likeness (QED) is 0.611. The van der Waals surface area contributed by atoms with Crippen molar-refractivity contribution >= 4 is 11.6 Å². The van der Waals surface area contributed by atoms with Crippen LogP contribution in [0.25, 0.3) is 0 Å². The first-order valence-corrected chi connectivity index (χ1v) is 10.3. The molecule has 0 radical (unpaired) electrons. The molecule has 2 aromatic carbocycles. The molecule has 2 aromatic rings. The van der Waals surface area contributed by atoms with Crippen molar-refractivity contribution in [1.82, 2.24) is 10.2 Å². The summed E-state index contributed by atoms with van der Waals surface area (Å²) in [4.78, 5) is 2.42. The average molecular weight is 405 g/mol. The summed E-state index contributed by atoms with van der Waals surface area (Å²) in [7, 11) is 0. The van der Waals surface area contributed by atoms with Gasteiger partial charge >= 0.3 is 0 Å². The summed E-state index contributed by atoms with van der Waals surface area (Å²) in [6.45, 7) is 9.50. The number of nitrogens with one attached hydrogen (secondary N) is 1. The number of nitrogens with zero attached hydrogens (tertiary/aromatic N) is 1. The van der Waals surface area contributed by atoms with Crippen LogP contribution >= 0.6 is 11.6 Å². The summed E-state index contributed by atoms with van der Waals surface area (Å²) >= 11 is 6.21. The molecule has 1 aliphatic rings. The van der Waals surface area contributed by atoms with Gasteiger partial charge in [-0.15, -0.1) is 0 Å². The van der Waals surface area contributed by atoms with E-state index < -0.39 is 0 Å². The van der Waals surface area contributed by atoms with E-state index in [1.807, 2.05) is 43.3 Å². The topological polar surface area (TPSA) is 43.0 Å². The number of ether oxygens (including phenoxy) is 3. The summed E-state index contributed by atoms with van der Waals surface area (Å²) in [6.07, 6.45) is 0. The van der Waals surface area contributed by atoms with Gasteiger partial charge in [-0.2, -0.15) is 0 Å². The molecule has 28 heavy (non-hydrogen) atoms. The van der Waals surface area contributed by atoms with Crippen LogP contribution in [0.1, 0.15) is 18.1 Å². The third-order valence-electron chi connectivity index (χ3n) is 4.69. The largest absolute Gasteiger partial charge is 0.490 e. The van der Waals surface area contributed by atoms with Gasteiger partial charge in [0, 0.05) is 43.3 Å². The van der Waals surface area contributed by atoms with Crippen LogP contribution in [0.5, 0.6) is 11.5 Å². The first kappa shape index (κ1) is 20.9. The van der Waals surface area contributed by atoms with Crippen LogP contribution in [0.2, 0.25) is 5.02 Å². The van der Waals surface area contributed by atoms with Crippen LogP contribution in [-0.4, -0.2) is 50.9 Å². The predicted octanol–water partition coefficient (Wildman–Crippen LogP) is 3.74. The molecule has 5 nitrogen and oxygen atoms in total. The number of hydrogen-bond acceptors (Lipinski definition) is 5. The highest BCUT2D eigenvalue weighted by atomic mass is 35.5. The van der Waals surface area contributed by atoms with Gasteiger partial charge in [0.2, 0.25) is 0 Å². The summed E-state index contributed by atoms with van der Waals surface area (Å²) in [6, 6.07) is 13.8. The third-order valence-corrected chi connectivity index (χ3v) is 5.06. The molecular formula is C22H29ClN2O3. The van der Waals surface area contributed by atoms with E-state index in [4.69, 9.17) is 25.8 Å². The van der Waals surface area contributed by atoms with E-state index in [-0.39, 0.29) is 0 Å². The maximum atomic E-state index is 6.21. The van der Waals surface area contributed by atoms with Crippen LogP contribution in [0.15, 0.2) is 42.5 Å². The molecule has 1 aliphatic heterocycles. The van der Waals surface area contributed by atoms with Gasteiger partial charge in [0.15, 0.2) is 11.5 Å². The zero-order valence-electron chi connectivity index (χ0n) is 16.5. The normalized spacial score (nSPS) is 14.8. The van der Waals surface area contributed by atoms with E-state index in [2.05, 4.69) is 16.3 Å². The fourth-order valence-electron chi connectivity index (χ4n) is 3.12. The lowest BCUT2D eigenvalue weighted by Gasteiger charge is -2.26. The molecule has 1 fully saturated rings. The second-order valence-corrected chi connectivity index (χ2v) is 7.13. The molecule has 6 heteroatoms. The number of halogens is 1. The van der Waals surface area contributed by atoms with Crippen LogP contribution in [0.3, 0.4) is 0 Å². The Bertz CT molecular complexity index is 735. The second-order valence-electron chi connectivity index (χ2n) is 6.72. The highest BCUT2D eigenvalue weighted by Gasteiger charge is 2.10. The summed E-state index contributed by atoms with van der Waals surface area (Å²) in [5.41, 5.74) is 2.14. The minimum Gasteiger partial charge on any atom is -0.490 e. The Kier molecular flexibility index (Phi) is 8.42. The molecule has 152 valence electrons. The molecule has 1 heterocycles. The number of rotatable bonds is 10. The zero-order valence-corrected chi connectivity index (χ0v) is 17.2. The van der Waals surface area contributed by atoms with Crippen LogP contribution in [-0.2, 0) is 17.9 Å². The van der Waals surface area contributed by atoms with E-state index in [1.165, 1.54) is 5.56 Å². The molecule has 1 N–H and O–H groups in total. The lowest BCUT2D eigenvalue weighted by atomic mass is 10.2. The lowest BCUT2D eigenvalue weighted by molar-refractivity contribution is 0.0384. The third kappa shape index (κ3) is 6.38. The van der Waals surface area contributed by atoms with E-state index in [0.717, 1.165) is 63.0 Å². The highest BCUT2D eigenvalue weighted by Crippen LogP contribution is 2.30. The molecule has 0 saturated carbocycles. The lowest BCUT2D eigenvalue weighted by Crippen LogP contribution is -2.40. The van der Waals surface area contributed by atoms with Crippen molar-refractivity contribution < 1.29 is 14.2 Å². The van der Waals surface area contributed by atoms with Gasteiger partial charge in [0.05, 0.1) is 19.8 Å². The first-order chi connectivity index (χ1) is 13.8. The molecule has 0 amide bonds. The Labute approximate surface area is 172 Å². The number of benzene rings is 2. The van der Waals surface area contributed by atoms with Crippen molar-refractivity contribution in [3.8, 4) is 11.5 Å². The van der Waals surface area contributed by atoms with E-state index in [1.54, 1.807) is 0 Å². The summed E-state index contributed by atoms with van der Waals surface area (Å²) in [5, 5.41) is 4.22. The maximum Gasteiger partial charge on any atom is 0.161 e. The van der Waals surface area contributed by atoms with Gasteiger partial charge in [-0.3, -0.25) is 4.90 Å². The Morgan fingerprint density at radius 1 is 1.07 bits per heavy atom. The highest BCUT2D eigenvalue weighted by molar-refractivity contribution is 6.31. The van der Waals surface area contributed by atoms with E-state index in [0.29, 0.717) is 18.2 Å². The molecule has 0 bridgehead atoms. The Morgan fingerprint density at radius 3 is 2.68 bits per heavy atom. The standard InChI is InChI=1S/C22H29ClN2O3/c1-2-27-22-15-18(16-24-9-10-25-11-13-26-14-12-25)7-8-21(22)28-17-19-5-3-4-6-20(19)23/h3-8,15,24H,2,9-14,16-17H2,1H3. The van der Waals surface area contributed by atoms with Crippen molar-refractivity contribution in [2.45, 2.75) is 20.1 Å². The monoisotopic (exact) mass is 404 g/mol. The molecule has 0 atom stereocenters. The van der Waals surface area contributed by atoms with Crippen LogP contribution in [0.4, 0.5) is 0 Å². The number of morpholine rings is 1. The van der Waals surface area contributed by atoms with E-state index >= 15 is 0 Å². The maximum absolute atomic E-state index is 6.21. The van der Waals surface area contributed by atoms with Crippen molar-refractivity contribution in [1.29, 1.82) is 0 Å². The van der Waals surface area contributed by atoms with Gasteiger partial charge in [-0.25, -0.2) is 0 Å². The molecule has 0 aliphatic carbocycles. The minimum absolute atomic E-state index is 0.414. The molecule has 0 aromatic heterocycles. The second kappa shape index (κ2) is 11.3. The fourth-order valence-corrected chi connectivity index (χ4v) is 3.31. The number of hydrogen-bond donors (Lipinski definition) is 1. The Balaban J connectivity index is 1.52. The molecule has 1 saturated heterocycles. The SMILES string of the molecule is CCOc1cc(CNCCN2CCOCC2)ccc1OCc1ccccc1Cl. The van der Waals surface area contributed by atoms with Crippen molar-refractivity contribution in [3.63, 3.8) is 0 Å². The first-order valence-electron chi connectivity index (χ1n) is 9.89. The van der Waals surface area contributed by atoms with Gasteiger partial charge in [0.25, 0.3) is 0 Å². The Morgan fingerprint density at radius 2 is 1.89 bits per heavy atom. The smallest absolute Gasteiger partial charge is 0.161 e.